The maximum absolute atomic E-state index is 11.7. The van der Waals surface area contributed by atoms with E-state index >= 15 is 0 Å². The Balaban J connectivity index is 4.09. The highest BCUT2D eigenvalue weighted by Crippen LogP contribution is 2.05. The largest absolute Gasteiger partial charge is 0.339 e. The van der Waals surface area contributed by atoms with Crippen molar-refractivity contribution in [2.24, 2.45) is 11.7 Å². The lowest BCUT2D eigenvalue weighted by Gasteiger charge is -2.22. The van der Waals surface area contributed by atoms with Crippen molar-refractivity contribution in [1.29, 1.82) is 0 Å². The minimum atomic E-state index is -0.0404. The molecule has 0 bridgehead atoms. The average Bonchev–Trinajstić information content (AvgIpc) is 2.13. The minimum Gasteiger partial charge on any atom is -0.339 e. The zero-order chi connectivity index (χ0) is 11.1. The number of carbonyl (C=O) groups is 1. The van der Waals surface area contributed by atoms with Crippen molar-refractivity contribution >= 4 is 5.91 Å². The van der Waals surface area contributed by atoms with Crippen molar-refractivity contribution in [3.05, 3.63) is 12.7 Å². The predicted molar refractivity (Wildman–Crippen MR) is 59.9 cm³/mol. The van der Waals surface area contributed by atoms with Gasteiger partial charge in [0.15, 0.2) is 0 Å². The third kappa shape index (κ3) is 4.42. The van der Waals surface area contributed by atoms with Crippen molar-refractivity contribution in [1.82, 2.24) is 4.90 Å². The molecule has 2 N–H and O–H groups in total. The number of amides is 1. The Morgan fingerprint density at radius 1 is 1.57 bits per heavy atom. The van der Waals surface area contributed by atoms with Crippen LogP contribution in [-0.4, -0.2) is 29.9 Å². The maximum Gasteiger partial charge on any atom is 0.224 e. The SMILES string of the molecule is C=CCN(CC)C(=O)CC(N)C(C)C. The summed E-state index contributed by atoms with van der Waals surface area (Å²) in [6.07, 6.45) is 2.17. The van der Waals surface area contributed by atoms with E-state index in [-0.39, 0.29) is 11.9 Å². The average molecular weight is 198 g/mol. The van der Waals surface area contributed by atoms with Crippen molar-refractivity contribution in [2.75, 3.05) is 13.1 Å². The second-order valence-corrected chi connectivity index (χ2v) is 3.83. The molecule has 3 nitrogen and oxygen atoms in total. The Hall–Kier alpha value is -0.830. The summed E-state index contributed by atoms with van der Waals surface area (Å²) in [5.74, 6) is 0.468. The number of carbonyl (C=O) groups excluding carboxylic acids is 1. The first-order valence-corrected chi connectivity index (χ1v) is 5.17. The van der Waals surface area contributed by atoms with Gasteiger partial charge in [0.2, 0.25) is 5.91 Å². The minimum absolute atomic E-state index is 0.0404. The summed E-state index contributed by atoms with van der Waals surface area (Å²) in [4.78, 5) is 13.4. The fourth-order valence-corrected chi connectivity index (χ4v) is 1.13. The van der Waals surface area contributed by atoms with Gasteiger partial charge >= 0.3 is 0 Å². The van der Waals surface area contributed by atoms with Crippen LogP contribution in [0.4, 0.5) is 0 Å². The van der Waals surface area contributed by atoms with Crippen LogP contribution in [0.5, 0.6) is 0 Å². The van der Waals surface area contributed by atoms with Gasteiger partial charge in [0, 0.05) is 25.6 Å². The Morgan fingerprint density at radius 2 is 2.14 bits per heavy atom. The molecule has 1 atom stereocenters. The second kappa shape index (κ2) is 6.60. The summed E-state index contributed by atoms with van der Waals surface area (Å²) < 4.78 is 0. The normalized spacial score (nSPS) is 12.6. The molecule has 0 radical (unpaired) electrons. The summed E-state index contributed by atoms with van der Waals surface area (Å²) in [6.45, 7) is 11.0. The number of hydrogen-bond donors (Lipinski definition) is 1. The van der Waals surface area contributed by atoms with E-state index in [1.54, 1.807) is 11.0 Å². The molecule has 82 valence electrons. The van der Waals surface area contributed by atoms with Crippen LogP contribution in [0.25, 0.3) is 0 Å². The van der Waals surface area contributed by atoms with Crippen molar-refractivity contribution in [3.8, 4) is 0 Å². The summed E-state index contributed by atoms with van der Waals surface area (Å²) in [6, 6.07) is -0.0404. The Labute approximate surface area is 87.0 Å². The molecule has 0 aromatic carbocycles. The highest BCUT2D eigenvalue weighted by Gasteiger charge is 2.16. The van der Waals surface area contributed by atoms with Crippen molar-refractivity contribution in [3.63, 3.8) is 0 Å². The molecule has 0 saturated carbocycles. The standard InChI is InChI=1S/C11H22N2O/c1-5-7-13(6-2)11(14)8-10(12)9(3)4/h5,9-10H,1,6-8,12H2,2-4H3. The molecular formula is C11H22N2O. The van der Waals surface area contributed by atoms with Crippen LogP contribution in [-0.2, 0) is 4.79 Å². The molecule has 0 spiro atoms. The van der Waals surface area contributed by atoms with E-state index in [9.17, 15) is 4.79 Å². The molecule has 1 unspecified atom stereocenters. The topological polar surface area (TPSA) is 46.3 Å². The van der Waals surface area contributed by atoms with Gasteiger partial charge in [0.1, 0.15) is 0 Å². The fraction of sp³-hybridized carbons (Fsp3) is 0.727. The van der Waals surface area contributed by atoms with Gasteiger partial charge in [-0.1, -0.05) is 19.9 Å². The molecule has 0 aliphatic carbocycles. The van der Waals surface area contributed by atoms with E-state index in [0.29, 0.717) is 18.9 Å². The van der Waals surface area contributed by atoms with E-state index in [1.807, 2.05) is 20.8 Å². The Kier molecular flexibility index (Phi) is 6.21. The maximum atomic E-state index is 11.7. The molecule has 3 heteroatoms. The molecule has 0 rings (SSSR count). The van der Waals surface area contributed by atoms with Gasteiger partial charge in [-0.2, -0.15) is 0 Å². The lowest BCUT2D eigenvalue weighted by Crippen LogP contribution is -2.37. The van der Waals surface area contributed by atoms with Crippen LogP contribution in [0.15, 0.2) is 12.7 Å². The summed E-state index contributed by atoms with van der Waals surface area (Å²) in [5.41, 5.74) is 5.83. The molecule has 0 aliphatic heterocycles. The lowest BCUT2D eigenvalue weighted by atomic mass is 10.0. The van der Waals surface area contributed by atoms with E-state index in [1.165, 1.54) is 0 Å². The van der Waals surface area contributed by atoms with Gasteiger partial charge in [0.25, 0.3) is 0 Å². The Morgan fingerprint density at radius 3 is 2.50 bits per heavy atom. The van der Waals surface area contributed by atoms with E-state index in [4.69, 9.17) is 5.73 Å². The van der Waals surface area contributed by atoms with Crippen LogP contribution in [0.3, 0.4) is 0 Å². The second-order valence-electron chi connectivity index (χ2n) is 3.83. The first-order valence-electron chi connectivity index (χ1n) is 5.17. The van der Waals surface area contributed by atoms with E-state index in [2.05, 4.69) is 6.58 Å². The third-order valence-corrected chi connectivity index (χ3v) is 2.35. The van der Waals surface area contributed by atoms with Gasteiger partial charge < -0.3 is 10.6 Å². The summed E-state index contributed by atoms with van der Waals surface area (Å²) in [5, 5.41) is 0. The smallest absolute Gasteiger partial charge is 0.224 e. The highest BCUT2D eigenvalue weighted by atomic mass is 16.2. The molecule has 0 fully saturated rings. The zero-order valence-corrected chi connectivity index (χ0v) is 9.49. The fourth-order valence-electron chi connectivity index (χ4n) is 1.13. The zero-order valence-electron chi connectivity index (χ0n) is 9.49. The molecule has 0 heterocycles. The van der Waals surface area contributed by atoms with Crippen molar-refractivity contribution < 1.29 is 4.79 Å². The van der Waals surface area contributed by atoms with Gasteiger partial charge in [-0.3, -0.25) is 4.79 Å². The molecule has 1 amide bonds. The summed E-state index contributed by atoms with van der Waals surface area (Å²) >= 11 is 0. The predicted octanol–water partition coefficient (Wildman–Crippen LogP) is 1.39. The molecule has 0 aromatic heterocycles. The van der Waals surface area contributed by atoms with Crippen LogP contribution in [0.2, 0.25) is 0 Å². The molecule has 0 aliphatic rings. The quantitative estimate of drug-likeness (QED) is 0.656. The van der Waals surface area contributed by atoms with Crippen molar-refractivity contribution in [2.45, 2.75) is 33.2 Å². The third-order valence-electron chi connectivity index (χ3n) is 2.35. The first kappa shape index (κ1) is 13.2. The van der Waals surface area contributed by atoms with Gasteiger partial charge in [-0.15, -0.1) is 6.58 Å². The number of nitrogens with zero attached hydrogens (tertiary/aromatic N) is 1. The van der Waals surface area contributed by atoms with Crippen LogP contribution in [0.1, 0.15) is 27.2 Å². The number of rotatable bonds is 6. The van der Waals surface area contributed by atoms with Crippen LogP contribution < -0.4 is 5.73 Å². The molecule has 0 aromatic rings. The molecular weight excluding hydrogens is 176 g/mol. The molecule has 0 saturated heterocycles. The Bertz CT molecular complexity index is 190. The number of hydrogen-bond acceptors (Lipinski definition) is 2. The van der Waals surface area contributed by atoms with Crippen LogP contribution >= 0.6 is 0 Å². The van der Waals surface area contributed by atoms with Gasteiger partial charge in [0.05, 0.1) is 0 Å². The lowest BCUT2D eigenvalue weighted by molar-refractivity contribution is -0.131. The van der Waals surface area contributed by atoms with E-state index in [0.717, 1.165) is 6.54 Å². The van der Waals surface area contributed by atoms with Crippen LogP contribution in [0, 0.1) is 5.92 Å². The number of likely N-dealkylation sites (N-methyl/N-ethyl adjacent to an activating group) is 1. The molecule has 14 heavy (non-hydrogen) atoms. The summed E-state index contributed by atoms with van der Waals surface area (Å²) in [7, 11) is 0. The number of nitrogens with two attached hydrogens (primary N) is 1. The monoisotopic (exact) mass is 198 g/mol. The highest BCUT2D eigenvalue weighted by molar-refractivity contribution is 5.76. The van der Waals surface area contributed by atoms with Gasteiger partial charge in [-0.05, 0) is 12.8 Å². The first-order chi connectivity index (χ1) is 6.52. The van der Waals surface area contributed by atoms with Gasteiger partial charge in [-0.25, -0.2) is 0 Å². The van der Waals surface area contributed by atoms with E-state index < -0.39 is 0 Å².